The van der Waals surface area contributed by atoms with E-state index in [1.807, 2.05) is 0 Å². The lowest BCUT2D eigenvalue weighted by Gasteiger charge is -2.18. The van der Waals surface area contributed by atoms with E-state index in [1.54, 1.807) is 14.0 Å². The van der Waals surface area contributed by atoms with Gasteiger partial charge in [-0.25, -0.2) is 4.79 Å². The first-order chi connectivity index (χ1) is 14.5. The topological polar surface area (TPSA) is 102 Å². The van der Waals surface area contributed by atoms with E-state index in [1.165, 1.54) is 39.3 Å². The molecule has 0 spiro atoms. The number of esters is 1. The molecule has 11 heteroatoms. The Morgan fingerprint density at radius 2 is 2.13 bits per heavy atom. The van der Waals surface area contributed by atoms with Crippen molar-refractivity contribution in [1.29, 1.82) is 0 Å². The van der Waals surface area contributed by atoms with E-state index < -0.39 is 0 Å². The van der Waals surface area contributed by atoms with Gasteiger partial charge in [0.15, 0.2) is 4.34 Å². The van der Waals surface area contributed by atoms with Crippen molar-refractivity contribution in [2.24, 2.45) is 5.92 Å². The lowest BCUT2D eigenvalue weighted by Crippen LogP contribution is -2.17. The summed E-state index contributed by atoms with van der Waals surface area (Å²) in [6, 6.07) is 0. The monoisotopic (exact) mass is 470 g/mol. The molecular formula is C19H26N4O4S3. The number of methoxy groups -OCH3 is 1. The molecule has 1 aliphatic carbocycles. The normalized spacial score (nSPS) is 15.5. The molecule has 0 radical (unpaired) electrons. The van der Waals surface area contributed by atoms with Gasteiger partial charge < -0.3 is 20.1 Å². The highest BCUT2D eigenvalue weighted by molar-refractivity contribution is 8.01. The average Bonchev–Trinajstić information content (AvgIpc) is 3.30. The summed E-state index contributed by atoms with van der Waals surface area (Å²) in [4.78, 5) is 26.3. The van der Waals surface area contributed by atoms with E-state index in [0.29, 0.717) is 45.7 Å². The molecule has 0 fully saturated rings. The molecule has 2 N–H and O–H groups in total. The van der Waals surface area contributed by atoms with Gasteiger partial charge in [0.05, 0.1) is 24.5 Å². The number of nitrogens with one attached hydrogen (secondary N) is 2. The maximum Gasteiger partial charge on any atom is 0.341 e. The number of fused-ring (bicyclic) bond motifs is 1. The smallest absolute Gasteiger partial charge is 0.341 e. The lowest BCUT2D eigenvalue weighted by molar-refractivity contribution is -0.113. The molecule has 30 heavy (non-hydrogen) atoms. The zero-order valence-corrected chi connectivity index (χ0v) is 19.7. The Hall–Kier alpha value is -1.69. The first kappa shape index (κ1) is 23.0. The van der Waals surface area contributed by atoms with Crippen LogP contribution in [0.2, 0.25) is 0 Å². The fourth-order valence-electron chi connectivity index (χ4n) is 3.15. The molecule has 8 nitrogen and oxygen atoms in total. The van der Waals surface area contributed by atoms with Crippen LogP contribution in [0, 0.1) is 5.92 Å². The van der Waals surface area contributed by atoms with Crippen LogP contribution in [-0.4, -0.2) is 54.7 Å². The highest BCUT2D eigenvalue weighted by Gasteiger charge is 2.29. The minimum absolute atomic E-state index is 0.179. The molecule has 2 aromatic heterocycles. The van der Waals surface area contributed by atoms with Gasteiger partial charge in [-0.2, -0.15) is 0 Å². The van der Waals surface area contributed by atoms with Crippen LogP contribution >= 0.6 is 34.4 Å². The first-order valence-corrected chi connectivity index (χ1v) is 12.4. The second-order valence-corrected chi connectivity index (χ2v) is 10.2. The number of thiophene rings is 1. The van der Waals surface area contributed by atoms with E-state index in [9.17, 15) is 9.59 Å². The van der Waals surface area contributed by atoms with Gasteiger partial charge in [0.2, 0.25) is 11.0 Å². The summed E-state index contributed by atoms with van der Waals surface area (Å²) in [5.74, 6) is 0.229. The van der Waals surface area contributed by atoms with Crippen molar-refractivity contribution in [3.05, 3.63) is 16.0 Å². The summed E-state index contributed by atoms with van der Waals surface area (Å²) in [5, 5.41) is 15.5. The van der Waals surface area contributed by atoms with Crippen LogP contribution in [0.4, 0.5) is 10.1 Å². The molecule has 3 rings (SSSR count). The standard InChI is InChI=1S/C19H26N4O4S3/c1-4-27-17(25)15-12-6-5-11(2)9-13(12)29-16(15)21-14(24)10-28-19-23-22-18(30-19)20-7-8-26-3/h11H,4-10H2,1-3H3,(H,20,22)(H,21,24). The third-order valence-corrected chi connectivity index (χ3v) is 7.74. The van der Waals surface area contributed by atoms with Crippen molar-refractivity contribution in [3.63, 3.8) is 0 Å². The summed E-state index contributed by atoms with van der Waals surface area (Å²) >= 11 is 4.20. The minimum atomic E-state index is -0.358. The molecular weight excluding hydrogens is 444 g/mol. The Kier molecular flexibility index (Phi) is 8.49. The fraction of sp³-hybridized carbons (Fsp3) is 0.579. The Morgan fingerprint density at radius 1 is 1.30 bits per heavy atom. The number of aromatic nitrogens is 2. The number of amides is 1. The molecule has 164 valence electrons. The molecule has 0 saturated carbocycles. The number of rotatable bonds is 10. The SMILES string of the molecule is CCOC(=O)c1c(NC(=O)CSc2nnc(NCCOC)s2)sc2c1CCC(C)C2. The third kappa shape index (κ3) is 5.93. The van der Waals surface area contributed by atoms with Crippen LogP contribution < -0.4 is 10.6 Å². The van der Waals surface area contributed by atoms with Crippen molar-refractivity contribution in [2.75, 3.05) is 43.3 Å². The molecule has 0 saturated heterocycles. The molecule has 0 bridgehead atoms. The fourth-order valence-corrected chi connectivity index (χ4v) is 6.14. The molecule has 2 heterocycles. The van der Waals surface area contributed by atoms with Crippen LogP contribution in [0.5, 0.6) is 0 Å². The van der Waals surface area contributed by atoms with Gasteiger partial charge in [-0.15, -0.1) is 21.5 Å². The van der Waals surface area contributed by atoms with Gasteiger partial charge >= 0.3 is 5.97 Å². The maximum atomic E-state index is 12.6. The molecule has 1 amide bonds. The Bertz CT molecular complexity index is 883. The number of thioether (sulfide) groups is 1. The van der Waals surface area contributed by atoms with E-state index in [0.717, 1.165) is 24.8 Å². The van der Waals surface area contributed by atoms with Crippen molar-refractivity contribution in [1.82, 2.24) is 10.2 Å². The van der Waals surface area contributed by atoms with Crippen LogP contribution in [0.15, 0.2) is 4.34 Å². The van der Waals surface area contributed by atoms with Crippen LogP contribution in [0.3, 0.4) is 0 Å². The summed E-state index contributed by atoms with van der Waals surface area (Å²) < 4.78 is 10.9. The molecule has 0 aliphatic heterocycles. The van der Waals surface area contributed by atoms with Gasteiger partial charge in [-0.3, -0.25) is 4.79 Å². The number of nitrogens with zero attached hydrogens (tertiary/aromatic N) is 2. The van der Waals surface area contributed by atoms with Crippen LogP contribution in [0.1, 0.15) is 41.1 Å². The Morgan fingerprint density at radius 3 is 2.90 bits per heavy atom. The van der Waals surface area contributed by atoms with Gasteiger partial charge in [0, 0.05) is 18.5 Å². The number of carbonyl (C=O) groups excluding carboxylic acids is 2. The van der Waals surface area contributed by atoms with Crippen molar-refractivity contribution < 1.29 is 19.1 Å². The molecule has 2 aromatic rings. The minimum Gasteiger partial charge on any atom is -0.462 e. The number of ether oxygens (including phenoxy) is 2. The predicted octanol–water partition coefficient (Wildman–Crippen LogP) is 3.69. The summed E-state index contributed by atoms with van der Waals surface area (Å²) in [5.41, 5.74) is 1.57. The van der Waals surface area contributed by atoms with E-state index in [4.69, 9.17) is 9.47 Å². The largest absolute Gasteiger partial charge is 0.462 e. The molecule has 1 unspecified atom stereocenters. The van der Waals surface area contributed by atoms with Crippen molar-refractivity contribution >= 4 is 56.4 Å². The highest BCUT2D eigenvalue weighted by atomic mass is 32.2. The van der Waals surface area contributed by atoms with Gasteiger partial charge in [-0.05, 0) is 37.7 Å². The predicted molar refractivity (Wildman–Crippen MR) is 121 cm³/mol. The lowest BCUT2D eigenvalue weighted by atomic mass is 9.88. The van der Waals surface area contributed by atoms with Gasteiger partial charge in [0.1, 0.15) is 5.00 Å². The van der Waals surface area contributed by atoms with E-state index in [-0.39, 0.29) is 17.6 Å². The second-order valence-electron chi connectivity index (χ2n) is 6.91. The Balaban J connectivity index is 1.62. The molecule has 0 aromatic carbocycles. The quantitative estimate of drug-likeness (QED) is 0.308. The van der Waals surface area contributed by atoms with Crippen LogP contribution in [-0.2, 0) is 27.1 Å². The van der Waals surface area contributed by atoms with Crippen LogP contribution in [0.25, 0.3) is 0 Å². The molecule has 1 aliphatic rings. The number of hydrogen-bond donors (Lipinski definition) is 2. The zero-order valence-electron chi connectivity index (χ0n) is 17.3. The summed E-state index contributed by atoms with van der Waals surface area (Å²) in [6.07, 6.45) is 2.81. The van der Waals surface area contributed by atoms with Gasteiger partial charge in [-0.1, -0.05) is 30.0 Å². The molecule has 1 atom stereocenters. The summed E-state index contributed by atoms with van der Waals surface area (Å²) in [6.45, 7) is 5.53. The van der Waals surface area contributed by atoms with Gasteiger partial charge in [0.25, 0.3) is 0 Å². The van der Waals surface area contributed by atoms with Crippen molar-refractivity contribution in [2.45, 2.75) is 37.4 Å². The first-order valence-electron chi connectivity index (χ1n) is 9.82. The third-order valence-electron chi connectivity index (χ3n) is 4.56. The summed E-state index contributed by atoms with van der Waals surface area (Å²) in [7, 11) is 1.64. The number of anilines is 2. The van der Waals surface area contributed by atoms with Crippen molar-refractivity contribution in [3.8, 4) is 0 Å². The highest BCUT2D eigenvalue weighted by Crippen LogP contribution is 2.40. The number of carbonyl (C=O) groups is 2. The average molecular weight is 471 g/mol. The maximum absolute atomic E-state index is 12.6. The zero-order chi connectivity index (χ0) is 21.5. The second kappa shape index (κ2) is 11.1. The Labute approximate surface area is 188 Å². The van der Waals surface area contributed by atoms with E-state index in [2.05, 4.69) is 27.8 Å². The number of hydrogen-bond acceptors (Lipinski definition) is 10. The van der Waals surface area contributed by atoms with E-state index >= 15 is 0 Å².